The highest BCUT2D eigenvalue weighted by Gasteiger charge is 2.31. The van der Waals surface area contributed by atoms with Crippen LogP contribution >= 0.6 is 0 Å². The van der Waals surface area contributed by atoms with Crippen LogP contribution in [0.4, 0.5) is 18.9 Å². The molecule has 0 saturated carbocycles. The summed E-state index contributed by atoms with van der Waals surface area (Å²) in [5, 5.41) is 2.65. The predicted octanol–water partition coefficient (Wildman–Crippen LogP) is 3.76. The van der Waals surface area contributed by atoms with Crippen molar-refractivity contribution in [2.24, 2.45) is 0 Å². The van der Waals surface area contributed by atoms with Gasteiger partial charge < -0.3 is 14.8 Å². The standard InChI is InChI=1S/C23H16F3N3O5/c24-23(25,26)16-5-1-3-13(9-16)21(31)28-29-22(32)14-4-2-6-17(10-14)27-20(30)15-7-8-18-19(11-15)34-12-33-18/h1-11H,12H2,(H,27,30)(H,28,31)(H,29,32). The van der Waals surface area contributed by atoms with Gasteiger partial charge in [0.15, 0.2) is 11.5 Å². The predicted molar refractivity (Wildman–Crippen MR) is 113 cm³/mol. The molecule has 0 radical (unpaired) electrons. The van der Waals surface area contributed by atoms with E-state index in [9.17, 15) is 27.6 Å². The van der Waals surface area contributed by atoms with Gasteiger partial charge >= 0.3 is 6.18 Å². The van der Waals surface area contributed by atoms with Gasteiger partial charge in [-0.3, -0.25) is 25.2 Å². The topological polar surface area (TPSA) is 106 Å². The quantitative estimate of drug-likeness (QED) is 0.503. The van der Waals surface area contributed by atoms with Gasteiger partial charge in [0.2, 0.25) is 6.79 Å². The van der Waals surface area contributed by atoms with Crippen molar-refractivity contribution in [3.05, 3.63) is 89.0 Å². The number of fused-ring (bicyclic) bond motifs is 1. The van der Waals surface area contributed by atoms with Crippen molar-refractivity contribution in [2.45, 2.75) is 6.18 Å². The van der Waals surface area contributed by atoms with E-state index >= 15 is 0 Å². The van der Waals surface area contributed by atoms with Crippen molar-refractivity contribution >= 4 is 23.4 Å². The Bertz CT molecular complexity index is 1280. The lowest BCUT2D eigenvalue weighted by Gasteiger charge is -2.11. The Morgan fingerprint density at radius 3 is 2.03 bits per heavy atom. The second-order valence-corrected chi connectivity index (χ2v) is 7.09. The first-order chi connectivity index (χ1) is 16.2. The first-order valence-corrected chi connectivity index (χ1v) is 9.80. The van der Waals surface area contributed by atoms with Crippen LogP contribution in [0.15, 0.2) is 66.7 Å². The highest BCUT2D eigenvalue weighted by molar-refractivity contribution is 6.05. The lowest BCUT2D eigenvalue weighted by atomic mass is 10.1. The Morgan fingerprint density at radius 2 is 1.32 bits per heavy atom. The Labute approximate surface area is 190 Å². The number of benzene rings is 3. The summed E-state index contributed by atoms with van der Waals surface area (Å²) in [4.78, 5) is 37.1. The molecule has 8 nitrogen and oxygen atoms in total. The molecule has 1 heterocycles. The smallest absolute Gasteiger partial charge is 0.416 e. The number of ether oxygens (including phenoxy) is 2. The van der Waals surface area contributed by atoms with Gasteiger partial charge in [0.25, 0.3) is 17.7 Å². The van der Waals surface area contributed by atoms with E-state index < -0.39 is 29.5 Å². The first kappa shape index (κ1) is 22.6. The first-order valence-electron chi connectivity index (χ1n) is 9.80. The molecule has 174 valence electrons. The maximum absolute atomic E-state index is 12.8. The minimum atomic E-state index is -4.61. The lowest BCUT2D eigenvalue weighted by molar-refractivity contribution is -0.137. The molecule has 4 rings (SSSR count). The van der Waals surface area contributed by atoms with E-state index in [1.54, 1.807) is 18.2 Å². The number of hydrogen-bond acceptors (Lipinski definition) is 5. The van der Waals surface area contributed by atoms with Crippen LogP contribution in [-0.4, -0.2) is 24.5 Å². The minimum absolute atomic E-state index is 0.0713. The van der Waals surface area contributed by atoms with Crippen LogP contribution in [0.3, 0.4) is 0 Å². The number of anilines is 1. The summed E-state index contributed by atoms with van der Waals surface area (Å²) >= 11 is 0. The summed E-state index contributed by atoms with van der Waals surface area (Å²) in [5.41, 5.74) is 3.64. The molecule has 0 atom stereocenters. The summed E-state index contributed by atoms with van der Waals surface area (Å²) in [6.45, 7) is 0.0713. The van der Waals surface area contributed by atoms with E-state index in [1.807, 2.05) is 0 Å². The summed E-state index contributed by atoms with van der Waals surface area (Å²) in [6, 6.07) is 14.3. The molecule has 1 aliphatic rings. The highest BCUT2D eigenvalue weighted by Crippen LogP contribution is 2.32. The summed E-state index contributed by atoms with van der Waals surface area (Å²) < 4.78 is 48.9. The van der Waals surface area contributed by atoms with Gasteiger partial charge in [-0.2, -0.15) is 13.2 Å². The number of hydrogen-bond donors (Lipinski definition) is 3. The van der Waals surface area contributed by atoms with Crippen LogP contribution < -0.4 is 25.6 Å². The third kappa shape index (κ3) is 5.09. The summed E-state index contributed by atoms with van der Waals surface area (Å²) in [5.74, 6) is -1.14. The summed E-state index contributed by atoms with van der Waals surface area (Å²) in [7, 11) is 0. The zero-order chi connectivity index (χ0) is 24.3. The van der Waals surface area contributed by atoms with Crippen molar-refractivity contribution in [1.82, 2.24) is 10.9 Å². The number of carbonyl (C=O) groups is 3. The number of carbonyl (C=O) groups excluding carboxylic acids is 3. The molecule has 3 N–H and O–H groups in total. The SMILES string of the molecule is O=C(NNC(=O)c1cccc(C(F)(F)F)c1)c1cccc(NC(=O)c2ccc3c(c2)OCO3)c1. The van der Waals surface area contributed by atoms with Crippen molar-refractivity contribution in [3.8, 4) is 11.5 Å². The number of nitrogens with one attached hydrogen (secondary N) is 3. The van der Waals surface area contributed by atoms with E-state index in [2.05, 4.69) is 16.2 Å². The maximum Gasteiger partial charge on any atom is 0.416 e. The molecule has 0 saturated heterocycles. The number of rotatable bonds is 4. The fourth-order valence-electron chi connectivity index (χ4n) is 3.07. The number of amides is 3. The molecule has 34 heavy (non-hydrogen) atoms. The molecule has 11 heteroatoms. The van der Waals surface area contributed by atoms with Crippen LogP contribution in [0.5, 0.6) is 11.5 Å². The van der Waals surface area contributed by atoms with Gasteiger partial charge in [-0.05, 0) is 54.6 Å². The van der Waals surface area contributed by atoms with Gasteiger partial charge in [0.1, 0.15) is 0 Å². The lowest BCUT2D eigenvalue weighted by Crippen LogP contribution is -2.41. The third-order valence-electron chi connectivity index (χ3n) is 4.76. The molecule has 3 aromatic carbocycles. The van der Waals surface area contributed by atoms with E-state index in [-0.39, 0.29) is 17.9 Å². The van der Waals surface area contributed by atoms with Gasteiger partial charge in [-0.25, -0.2) is 0 Å². The van der Waals surface area contributed by atoms with Crippen LogP contribution in [0.25, 0.3) is 0 Å². The van der Waals surface area contributed by atoms with E-state index in [0.29, 0.717) is 28.8 Å². The van der Waals surface area contributed by atoms with Crippen LogP contribution in [0.2, 0.25) is 0 Å². The monoisotopic (exact) mass is 471 g/mol. The normalized spacial score (nSPS) is 12.1. The van der Waals surface area contributed by atoms with Gasteiger partial charge in [-0.1, -0.05) is 12.1 Å². The molecule has 0 aromatic heterocycles. The molecular formula is C23H16F3N3O5. The van der Waals surface area contributed by atoms with Crippen molar-refractivity contribution in [1.29, 1.82) is 0 Å². The Kier molecular flexibility index (Phi) is 6.09. The second-order valence-electron chi connectivity index (χ2n) is 7.09. The summed E-state index contributed by atoms with van der Waals surface area (Å²) in [6.07, 6.45) is -4.61. The molecule has 0 bridgehead atoms. The van der Waals surface area contributed by atoms with E-state index in [0.717, 1.165) is 12.1 Å². The molecule has 3 aromatic rings. The van der Waals surface area contributed by atoms with E-state index in [4.69, 9.17) is 9.47 Å². The fraction of sp³-hybridized carbons (Fsp3) is 0.0870. The molecule has 1 aliphatic heterocycles. The Hall–Kier alpha value is -4.54. The highest BCUT2D eigenvalue weighted by atomic mass is 19.4. The van der Waals surface area contributed by atoms with Crippen molar-refractivity contribution in [3.63, 3.8) is 0 Å². The number of alkyl halides is 3. The average molecular weight is 471 g/mol. The maximum atomic E-state index is 12.8. The van der Waals surface area contributed by atoms with E-state index in [1.165, 1.54) is 30.3 Å². The molecule has 0 spiro atoms. The van der Waals surface area contributed by atoms with Gasteiger partial charge in [0.05, 0.1) is 5.56 Å². The van der Waals surface area contributed by atoms with Gasteiger partial charge in [0, 0.05) is 22.4 Å². The fourth-order valence-corrected chi connectivity index (χ4v) is 3.07. The molecule has 0 unspecified atom stereocenters. The Balaban J connectivity index is 1.38. The van der Waals surface area contributed by atoms with Crippen LogP contribution in [0.1, 0.15) is 36.6 Å². The second kappa shape index (κ2) is 9.14. The van der Waals surface area contributed by atoms with Crippen LogP contribution in [0, 0.1) is 0 Å². The van der Waals surface area contributed by atoms with Crippen molar-refractivity contribution in [2.75, 3.05) is 12.1 Å². The molecule has 0 fully saturated rings. The molecule has 0 aliphatic carbocycles. The van der Waals surface area contributed by atoms with Crippen LogP contribution in [-0.2, 0) is 6.18 Å². The zero-order valence-electron chi connectivity index (χ0n) is 17.2. The van der Waals surface area contributed by atoms with Crippen molar-refractivity contribution < 1.29 is 37.0 Å². The number of halogens is 3. The largest absolute Gasteiger partial charge is 0.454 e. The zero-order valence-corrected chi connectivity index (χ0v) is 17.2. The minimum Gasteiger partial charge on any atom is -0.454 e. The molecular weight excluding hydrogens is 455 g/mol. The Morgan fingerprint density at radius 1 is 0.706 bits per heavy atom. The molecule has 3 amide bonds. The third-order valence-corrected chi connectivity index (χ3v) is 4.76. The van der Waals surface area contributed by atoms with Gasteiger partial charge in [-0.15, -0.1) is 0 Å². The average Bonchev–Trinajstić information content (AvgIpc) is 3.30. The number of hydrazine groups is 1.